The molecule has 6 heteroatoms. The van der Waals surface area contributed by atoms with Gasteiger partial charge in [0.15, 0.2) is 18.2 Å². The largest absolute Gasteiger partial charge is 0.481 e. The zero-order valence-corrected chi connectivity index (χ0v) is 10.9. The van der Waals surface area contributed by atoms with Crippen molar-refractivity contribution < 1.29 is 18.7 Å². The predicted octanol–water partition coefficient (Wildman–Crippen LogP) is 1.73. The van der Waals surface area contributed by atoms with E-state index in [0.717, 1.165) is 0 Å². The van der Waals surface area contributed by atoms with Crippen LogP contribution in [0.4, 0.5) is 4.39 Å². The van der Waals surface area contributed by atoms with Gasteiger partial charge in [0, 0.05) is 18.1 Å². The molecule has 0 radical (unpaired) electrons. The molecule has 0 heterocycles. The lowest BCUT2D eigenvalue weighted by atomic mass is 10.3. The van der Waals surface area contributed by atoms with Gasteiger partial charge in [0.25, 0.3) is 5.91 Å². The Hall–Kier alpha value is -1.14. The van der Waals surface area contributed by atoms with E-state index >= 15 is 0 Å². The predicted molar refractivity (Wildman–Crippen MR) is 64.5 cm³/mol. The molecule has 0 aliphatic carbocycles. The topological polar surface area (TPSA) is 47.6 Å². The van der Waals surface area contributed by atoms with Crippen LogP contribution in [0.3, 0.4) is 0 Å². The molecule has 1 N–H and O–H groups in total. The van der Waals surface area contributed by atoms with Crippen LogP contribution in [0.25, 0.3) is 0 Å². The van der Waals surface area contributed by atoms with Crippen LogP contribution >= 0.6 is 15.9 Å². The molecule has 0 aliphatic heterocycles. The van der Waals surface area contributed by atoms with Crippen LogP contribution in [0.1, 0.15) is 0 Å². The van der Waals surface area contributed by atoms with Gasteiger partial charge in [-0.05, 0) is 18.2 Å². The molecule has 94 valence electrons. The van der Waals surface area contributed by atoms with E-state index in [1.807, 2.05) is 0 Å². The smallest absolute Gasteiger partial charge is 0.258 e. The Kier molecular flexibility index (Phi) is 5.93. The highest BCUT2D eigenvalue weighted by molar-refractivity contribution is 9.10. The summed E-state index contributed by atoms with van der Waals surface area (Å²) >= 11 is 3.13. The van der Waals surface area contributed by atoms with E-state index in [1.54, 1.807) is 13.2 Å². The summed E-state index contributed by atoms with van der Waals surface area (Å²) in [7, 11) is 1.54. The van der Waals surface area contributed by atoms with Crippen molar-refractivity contribution in [2.75, 3.05) is 26.9 Å². The molecule has 0 saturated carbocycles. The third-order valence-electron chi connectivity index (χ3n) is 1.88. The second-order valence-electron chi connectivity index (χ2n) is 3.21. The fourth-order valence-corrected chi connectivity index (χ4v) is 1.41. The number of methoxy groups -OCH3 is 1. The van der Waals surface area contributed by atoms with Crippen molar-refractivity contribution in [2.24, 2.45) is 0 Å². The van der Waals surface area contributed by atoms with E-state index in [-0.39, 0.29) is 18.3 Å². The van der Waals surface area contributed by atoms with E-state index in [9.17, 15) is 9.18 Å². The molecule has 0 fully saturated rings. The molecule has 1 amide bonds. The molecule has 1 rings (SSSR count). The maximum Gasteiger partial charge on any atom is 0.258 e. The zero-order chi connectivity index (χ0) is 12.7. The highest BCUT2D eigenvalue weighted by Crippen LogP contribution is 2.21. The minimum absolute atomic E-state index is 0.0510. The van der Waals surface area contributed by atoms with Gasteiger partial charge < -0.3 is 14.8 Å². The van der Waals surface area contributed by atoms with Gasteiger partial charge in [-0.1, -0.05) is 15.9 Å². The number of carbonyl (C=O) groups excluding carboxylic acids is 1. The zero-order valence-electron chi connectivity index (χ0n) is 9.33. The standard InChI is InChI=1S/C11H13BrFNO3/c1-16-5-4-14-11(15)7-17-10-3-2-8(12)6-9(10)13/h2-3,6H,4-5,7H2,1H3,(H,14,15). The van der Waals surface area contributed by atoms with Gasteiger partial charge in [0.1, 0.15) is 0 Å². The number of hydrogen-bond donors (Lipinski definition) is 1. The summed E-state index contributed by atoms with van der Waals surface area (Å²) in [6.07, 6.45) is 0. The van der Waals surface area contributed by atoms with Crippen molar-refractivity contribution in [3.63, 3.8) is 0 Å². The van der Waals surface area contributed by atoms with Gasteiger partial charge in [-0.3, -0.25) is 4.79 Å². The van der Waals surface area contributed by atoms with Crippen LogP contribution in [-0.4, -0.2) is 32.8 Å². The Morgan fingerprint density at radius 3 is 2.94 bits per heavy atom. The maximum atomic E-state index is 13.3. The second-order valence-corrected chi connectivity index (χ2v) is 4.12. The fraction of sp³-hybridized carbons (Fsp3) is 0.364. The first-order valence-electron chi connectivity index (χ1n) is 4.97. The Morgan fingerprint density at radius 1 is 1.53 bits per heavy atom. The van der Waals surface area contributed by atoms with Crippen LogP contribution < -0.4 is 10.1 Å². The highest BCUT2D eigenvalue weighted by Gasteiger charge is 2.06. The number of ether oxygens (including phenoxy) is 2. The summed E-state index contributed by atoms with van der Waals surface area (Å²) < 4.78 is 23.7. The third-order valence-corrected chi connectivity index (χ3v) is 2.37. The monoisotopic (exact) mass is 305 g/mol. The average Bonchev–Trinajstić information content (AvgIpc) is 2.28. The molecule has 0 atom stereocenters. The van der Waals surface area contributed by atoms with Crippen molar-refractivity contribution >= 4 is 21.8 Å². The summed E-state index contributed by atoms with van der Waals surface area (Å²) in [6.45, 7) is 0.613. The molecule has 1 aromatic carbocycles. The molecule has 0 saturated heterocycles. The Bertz CT molecular complexity index is 387. The first kappa shape index (κ1) is 13.9. The number of nitrogens with one attached hydrogen (secondary N) is 1. The van der Waals surface area contributed by atoms with Crippen molar-refractivity contribution in [1.29, 1.82) is 0 Å². The van der Waals surface area contributed by atoms with E-state index < -0.39 is 5.82 Å². The number of amides is 1. The van der Waals surface area contributed by atoms with E-state index in [0.29, 0.717) is 17.6 Å². The summed E-state index contributed by atoms with van der Waals surface area (Å²) in [4.78, 5) is 11.2. The van der Waals surface area contributed by atoms with E-state index in [1.165, 1.54) is 12.1 Å². The second kappa shape index (κ2) is 7.24. The Labute approximate surface area is 107 Å². The van der Waals surface area contributed by atoms with Crippen LogP contribution in [0.15, 0.2) is 22.7 Å². The lowest BCUT2D eigenvalue weighted by Crippen LogP contribution is -2.31. The molecule has 0 unspecified atom stereocenters. The molecule has 0 spiro atoms. The molecule has 4 nitrogen and oxygen atoms in total. The summed E-state index contributed by atoms with van der Waals surface area (Å²) in [5.74, 6) is -0.775. The normalized spacial score (nSPS) is 10.1. The van der Waals surface area contributed by atoms with Crippen LogP contribution in [0.5, 0.6) is 5.75 Å². The number of benzene rings is 1. The summed E-state index contributed by atoms with van der Waals surface area (Å²) in [5.41, 5.74) is 0. The number of carbonyl (C=O) groups is 1. The first-order chi connectivity index (χ1) is 8.13. The number of rotatable bonds is 6. The fourth-order valence-electron chi connectivity index (χ4n) is 1.08. The first-order valence-corrected chi connectivity index (χ1v) is 5.76. The molecule has 0 aromatic heterocycles. The quantitative estimate of drug-likeness (QED) is 0.814. The number of hydrogen-bond acceptors (Lipinski definition) is 3. The molecular weight excluding hydrogens is 293 g/mol. The minimum Gasteiger partial charge on any atom is -0.481 e. The van der Waals surface area contributed by atoms with Crippen LogP contribution in [-0.2, 0) is 9.53 Å². The lowest BCUT2D eigenvalue weighted by Gasteiger charge is -2.08. The van der Waals surface area contributed by atoms with Gasteiger partial charge in [0.2, 0.25) is 0 Å². The Balaban J connectivity index is 2.37. The van der Waals surface area contributed by atoms with Crippen LogP contribution in [0, 0.1) is 5.82 Å². The SMILES string of the molecule is COCCNC(=O)COc1ccc(Br)cc1F. The van der Waals surface area contributed by atoms with Crippen molar-refractivity contribution in [2.45, 2.75) is 0 Å². The van der Waals surface area contributed by atoms with Gasteiger partial charge in [0.05, 0.1) is 6.61 Å². The lowest BCUT2D eigenvalue weighted by molar-refractivity contribution is -0.123. The van der Waals surface area contributed by atoms with Gasteiger partial charge in [-0.25, -0.2) is 4.39 Å². The molecular formula is C11H13BrFNO3. The summed E-state index contributed by atoms with van der Waals surface area (Å²) in [6, 6.07) is 4.38. The van der Waals surface area contributed by atoms with Gasteiger partial charge in [-0.15, -0.1) is 0 Å². The highest BCUT2D eigenvalue weighted by atomic mass is 79.9. The van der Waals surface area contributed by atoms with Crippen molar-refractivity contribution in [1.82, 2.24) is 5.32 Å². The average molecular weight is 306 g/mol. The van der Waals surface area contributed by atoms with Crippen molar-refractivity contribution in [3.8, 4) is 5.75 Å². The van der Waals surface area contributed by atoms with E-state index in [4.69, 9.17) is 9.47 Å². The summed E-state index contributed by atoms with van der Waals surface area (Å²) in [5, 5.41) is 2.56. The maximum absolute atomic E-state index is 13.3. The molecule has 0 aliphatic rings. The van der Waals surface area contributed by atoms with Crippen molar-refractivity contribution in [3.05, 3.63) is 28.5 Å². The van der Waals surface area contributed by atoms with Gasteiger partial charge in [-0.2, -0.15) is 0 Å². The molecule has 17 heavy (non-hydrogen) atoms. The third kappa shape index (κ3) is 5.14. The Morgan fingerprint density at radius 2 is 2.29 bits per heavy atom. The van der Waals surface area contributed by atoms with Gasteiger partial charge >= 0.3 is 0 Å². The number of halogens is 2. The minimum atomic E-state index is -0.510. The molecule has 0 bridgehead atoms. The van der Waals surface area contributed by atoms with Crippen LogP contribution in [0.2, 0.25) is 0 Å². The van der Waals surface area contributed by atoms with E-state index in [2.05, 4.69) is 21.2 Å². The molecule has 1 aromatic rings.